The number of hydrogen-bond acceptors (Lipinski definition) is 3. The summed E-state index contributed by atoms with van der Waals surface area (Å²) in [6, 6.07) is 16.9. The highest BCUT2D eigenvalue weighted by Crippen LogP contribution is 2.26. The van der Waals surface area contributed by atoms with Crippen molar-refractivity contribution in [3.63, 3.8) is 0 Å². The van der Waals surface area contributed by atoms with E-state index >= 15 is 0 Å². The number of hydrazone groups is 1. The maximum atomic E-state index is 11.9. The fourth-order valence-corrected chi connectivity index (χ4v) is 2.65. The van der Waals surface area contributed by atoms with Crippen molar-refractivity contribution in [3.05, 3.63) is 71.8 Å². The van der Waals surface area contributed by atoms with Crippen molar-refractivity contribution in [2.75, 3.05) is 0 Å². The average molecular weight is 306 g/mol. The Bertz CT molecular complexity index is 766. The Morgan fingerprint density at radius 3 is 2.57 bits per heavy atom. The van der Waals surface area contributed by atoms with Crippen molar-refractivity contribution in [2.45, 2.75) is 19.4 Å². The SMILES string of the molecule is CC(=O)N1N=C(c2ccccc2O)CC1/C=C/c1ccccc1. The van der Waals surface area contributed by atoms with Gasteiger partial charge in [-0.2, -0.15) is 5.10 Å². The van der Waals surface area contributed by atoms with Gasteiger partial charge in [0.2, 0.25) is 5.91 Å². The number of benzene rings is 2. The zero-order chi connectivity index (χ0) is 16.2. The van der Waals surface area contributed by atoms with Crippen LogP contribution in [0.3, 0.4) is 0 Å². The quantitative estimate of drug-likeness (QED) is 0.944. The molecule has 0 fully saturated rings. The molecule has 0 spiro atoms. The number of rotatable bonds is 3. The van der Waals surface area contributed by atoms with Gasteiger partial charge in [-0.05, 0) is 17.7 Å². The molecule has 0 radical (unpaired) electrons. The topological polar surface area (TPSA) is 52.9 Å². The highest BCUT2D eigenvalue weighted by Gasteiger charge is 2.29. The third-order valence-electron chi connectivity index (χ3n) is 3.79. The number of carbonyl (C=O) groups is 1. The van der Waals surface area contributed by atoms with Crippen molar-refractivity contribution in [1.29, 1.82) is 0 Å². The molecule has 1 aliphatic heterocycles. The summed E-state index contributed by atoms with van der Waals surface area (Å²) in [5.41, 5.74) is 2.47. The number of nitrogens with zero attached hydrogens (tertiary/aromatic N) is 2. The van der Waals surface area contributed by atoms with Gasteiger partial charge in [0.1, 0.15) is 5.75 Å². The van der Waals surface area contributed by atoms with Crippen LogP contribution in [0.2, 0.25) is 0 Å². The highest BCUT2D eigenvalue weighted by atomic mass is 16.3. The fourth-order valence-electron chi connectivity index (χ4n) is 2.65. The predicted molar refractivity (Wildman–Crippen MR) is 91.0 cm³/mol. The Labute approximate surface area is 135 Å². The van der Waals surface area contributed by atoms with Crippen LogP contribution in [-0.4, -0.2) is 27.8 Å². The monoisotopic (exact) mass is 306 g/mol. The van der Waals surface area contributed by atoms with Crippen LogP contribution in [0, 0.1) is 0 Å². The molecule has 1 aliphatic rings. The van der Waals surface area contributed by atoms with E-state index in [1.165, 1.54) is 11.9 Å². The molecule has 1 atom stereocenters. The van der Waals surface area contributed by atoms with Crippen LogP contribution in [0.15, 0.2) is 65.8 Å². The summed E-state index contributed by atoms with van der Waals surface area (Å²) >= 11 is 0. The summed E-state index contributed by atoms with van der Waals surface area (Å²) in [5.74, 6) is 0.0700. The summed E-state index contributed by atoms with van der Waals surface area (Å²) in [6.45, 7) is 1.50. The Morgan fingerprint density at radius 1 is 1.17 bits per heavy atom. The molecule has 4 heteroatoms. The van der Waals surface area contributed by atoms with E-state index in [1.54, 1.807) is 12.1 Å². The van der Waals surface area contributed by atoms with Crippen LogP contribution in [0.5, 0.6) is 5.75 Å². The van der Waals surface area contributed by atoms with Crippen LogP contribution in [0.4, 0.5) is 0 Å². The smallest absolute Gasteiger partial charge is 0.240 e. The predicted octanol–water partition coefficient (Wildman–Crippen LogP) is 3.43. The second-order valence-corrected chi connectivity index (χ2v) is 5.47. The Hall–Kier alpha value is -2.88. The summed E-state index contributed by atoms with van der Waals surface area (Å²) in [6.07, 6.45) is 4.55. The molecule has 0 aromatic heterocycles. The first-order valence-corrected chi connectivity index (χ1v) is 7.54. The molecule has 0 aliphatic carbocycles. The van der Waals surface area contributed by atoms with E-state index in [1.807, 2.05) is 54.6 Å². The van der Waals surface area contributed by atoms with Gasteiger partial charge in [-0.1, -0.05) is 54.6 Å². The van der Waals surface area contributed by atoms with E-state index < -0.39 is 0 Å². The van der Waals surface area contributed by atoms with E-state index in [0.717, 1.165) is 11.3 Å². The molecule has 1 N–H and O–H groups in total. The van der Waals surface area contributed by atoms with Gasteiger partial charge < -0.3 is 5.11 Å². The van der Waals surface area contributed by atoms with Crippen LogP contribution in [-0.2, 0) is 4.79 Å². The third-order valence-corrected chi connectivity index (χ3v) is 3.79. The molecule has 3 rings (SSSR count). The third kappa shape index (κ3) is 3.31. The maximum Gasteiger partial charge on any atom is 0.240 e. The normalized spacial score (nSPS) is 17.5. The van der Waals surface area contributed by atoms with E-state index in [4.69, 9.17) is 0 Å². The standard InChI is InChI=1S/C19H18N2O2/c1-14(22)21-16(12-11-15-7-3-2-4-8-15)13-18(20-21)17-9-5-6-10-19(17)23/h2-12,16,23H,13H2,1H3/b12-11+. The van der Waals surface area contributed by atoms with Crippen molar-refractivity contribution in [2.24, 2.45) is 5.10 Å². The Balaban J connectivity index is 1.85. The Kier molecular flexibility index (Phi) is 4.24. The number of aromatic hydroxyl groups is 1. The molecule has 0 bridgehead atoms. The van der Waals surface area contributed by atoms with Crippen molar-refractivity contribution in [1.82, 2.24) is 5.01 Å². The highest BCUT2D eigenvalue weighted by molar-refractivity contribution is 6.05. The summed E-state index contributed by atoms with van der Waals surface area (Å²) < 4.78 is 0. The summed E-state index contributed by atoms with van der Waals surface area (Å²) in [4.78, 5) is 11.9. The zero-order valence-electron chi connectivity index (χ0n) is 12.9. The van der Waals surface area contributed by atoms with Gasteiger partial charge in [-0.25, -0.2) is 5.01 Å². The molecule has 116 valence electrons. The second kappa shape index (κ2) is 6.48. The molecule has 1 unspecified atom stereocenters. The fraction of sp³-hybridized carbons (Fsp3) is 0.158. The van der Waals surface area contributed by atoms with Gasteiger partial charge in [0, 0.05) is 18.9 Å². The van der Waals surface area contributed by atoms with E-state index in [-0.39, 0.29) is 17.7 Å². The van der Waals surface area contributed by atoms with Crippen molar-refractivity contribution in [3.8, 4) is 5.75 Å². The number of amides is 1. The van der Waals surface area contributed by atoms with E-state index in [0.29, 0.717) is 12.0 Å². The lowest BCUT2D eigenvalue weighted by atomic mass is 10.0. The van der Waals surface area contributed by atoms with Crippen LogP contribution in [0.25, 0.3) is 6.08 Å². The number of phenols is 1. The molecule has 0 saturated carbocycles. The van der Waals surface area contributed by atoms with Gasteiger partial charge in [0.25, 0.3) is 0 Å². The first kappa shape index (κ1) is 15.0. The molecule has 1 amide bonds. The number of hydrogen-bond donors (Lipinski definition) is 1. The minimum absolute atomic E-state index is 0.113. The van der Waals surface area contributed by atoms with Gasteiger partial charge in [-0.3, -0.25) is 4.79 Å². The lowest BCUT2D eigenvalue weighted by Crippen LogP contribution is -2.29. The molecule has 2 aromatic rings. The first-order valence-electron chi connectivity index (χ1n) is 7.54. The molecule has 0 saturated heterocycles. The molecule has 1 heterocycles. The Morgan fingerprint density at radius 2 is 1.87 bits per heavy atom. The molecular formula is C19H18N2O2. The molecular weight excluding hydrogens is 288 g/mol. The van der Waals surface area contributed by atoms with E-state index in [2.05, 4.69) is 5.10 Å². The summed E-state index contributed by atoms with van der Waals surface area (Å²) in [7, 11) is 0. The number of carbonyl (C=O) groups excluding carboxylic acids is 1. The molecule has 23 heavy (non-hydrogen) atoms. The van der Waals surface area contributed by atoms with Crippen LogP contribution < -0.4 is 0 Å². The zero-order valence-corrected chi connectivity index (χ0v) is 12.9. The maximum absolute atomic E-state index is 11.9. The van der Waals surface area contributed by atoms with E-state index in [9.17, 15) is 9.90 Å². The average Bonchev–Trinajstić information content (AvgIpc) is 2.99. The number of phenolic OH excluding ortho intramolecular Hbond substituents is 1. The summed E-state index contributed by atoms with van der Waals surface area (Å²) in [5, 5.41) is 15.9. The number of para-hydroxylation sites is 1. The lowest BCUT2D eigenvalue weighted by Gasteiger charge is -2.16. The van der Waals surface area contributed by atoms with Crippen LogP contribution in [0.1, 0.15) is 24.5 Å². The molecule has 4 nitrogen and oxygen atoms in total. The lowest BCUT2D eigenvalue weighted by molar-refractivity contribution is -0.129. The minimum Gasteiger partial charge on any atom is -0.507 e. The largest absolute Gasteiger partial charge is 0.507 e. The molecule has 2 aromatic carbocycles. The first-order chi connectivity index (χ1) is 11.1. The van der Waals surface area contributed by atoms with Gasteiger partial charge in [0.05, 0.1) is 11.8 Å². The second-order valence-electron chi connectivity index (χ2n) is 5.47. The van der Waals surface area contributed by atoms with Gasteiger partial charge in [0.15, 0.2) is 0 Å². The van der Waals surface area contributed by atoms with Crippen LogP contribution >= 0.6 is 0 Å². The van der Waals surface area contributed by atoms with Gasteiger partial charge >= 0.3 is 0 Å². The van der Waals surface area contributed by atoms with Crippen molar-refractivity contribution < 1.29 is 9.90 Å². The minimum atomic E-state index is -0.137. The van der Waals surface area contributed by atoms with Crippen molar-refractivity contribution >= 4 is 17.7 Å². The van der Waals surface area contributed by atoms with Gasteiger partial charge in [-0.15, -0.1) is 0 Å².